The zero-order valence-corrected chi connectivity index (χ0v) is 15.4. The second kappa shape index (κ2) is 8.17. The summed E-state index contributed by atoms with van der Waals surface area (Å²) in [6, 6.07) is 3.83. The normalized spacial score (nSPS) is 22.5. The standard InChI is InChI=1S/C20H30N2O3/c1-16(2)14-19(23)22-10-7-20(8-11-22)17(6-13-25-20)5-12-24-18-4-3-9-21-15-18/h3-4,9,15-17H,5-8,10-14H2,1-2H3/t17-/m1/s1. The molecule has 2 saturated heterocycles. The van der Waals surface area contributed by atoms with Gasteiger partial charge in [-0.15, -0.1) is 0 Å². The molecule has 0 N–H and O–H groups in total. The number of carbonyl (C=O) groups excluding carboxylic acids is 1. The van der Waals surface area contributed by atoms with Crippen molar-refractivity contribution in [3.05, 3.63) is 24.5 Å². The molecule has 1 amide bonds. The van der Waals surface area contributed by atoms with Crippen LogP contribution >= 0.6 is 0 Å². The lowest BCUT2D eigenvalue weighted by atomic mass is 9.78. The van der Waals surface area contributed by atoms with Crippen LogP contribution in [-0.2, 0) is 9.53 Å². The van der Waals surface area contributed by atoms with Crippen LogP contribution in [0.15, 0.2) is 24.5 Å². The van der Waals surface area contributed by atoms with Crippen LogP contribution in [-0.4, -0.2) is 47.7 Å². The van der Waals surface area contributed by atoms with Crippen molar-refractivity contribution >= 4 is 5.91 Å². The van der Waals surface area contributed by atoms with E-state index in [1.54, 1.807) is 12.4 Å². The third kappa shape index (κ3) is 4.51. The van der Waals surface area contributed by atoms with E-state index < -0.39 is 0 Å². The summed E-state index contributed by atoms with van der Waals surface area (Å²) in [6.45, 7) is 7.37. The van der Waals surface area contributed by atoms with Gasteiger partial charge in [-0.05, 0) is 49.7 Å². The SMILES string of the molecule is CC(C)CC(=O)N1CCC2(CC1)OCC[C@H]2CCOc1cccnc1. The number of hydrogen-bond acceptors (Lipinski definition) is 4. The maximum Gasteiger partial charge on any atom is 0.222 e. The van der Waals surface area contributed by atoms with Gasteiger partial charge in [0.2, 0.25) is 5.91 Å². The lowest BCUT2D eigenvalue weighted by Crippen LogP contribution is -2.49. The quantitative estimate of drug-likeness (QED) is 0.793. The number of pyridine rings is 1. The molecule has 138 valence electrons. The van der Waals surface area contributed by atoms with Crippen molar-refractivity contribution < 1.29 is 14.3 Å². The minimum Gasteiger partial charge on any atom is -0.492 e. The largest absolute Gasteiger partial charge is 0.492 e. The zero-order chi connectivity index (χ0) is 17.7. The molecule has 1 aromatic rings. The molecule has 0 radical (unpaired) electrons. The molecule has 3 heterocycles. The summed E-state index contributed by atoms with van der Waals surface area (Å²) in [7, 11) is 0. The van der Waals surface area contributed by atoms with Crippen LogP contribution in [0.2, 0.25) is 0 Å². The van der Waals surface area contributed by atoms with E-state index in [2.05, 4.69) is 18.8 Å². The summed E-state index contributed by atoms with van der Waals surface area (Å²) in [5.74, 6) is 2.05. The van der Waals surface area contributed by atoms with Gasteiger partial charge in [-0.25, -0.2) is 0 Å². The van der Waals surface area contributed by atoms with E-state index in [0.29, 0.717) is 30.8 Å². The predicted octanol–water partition coefficient (Wildman–Crippen LogP) is 3.29. The van der Waals surface area contributed by atoms with Crippen molar-refractivity contribution in [2.45, 2.75) is 51.6 Å². The Balaban J connectivity index is 1.49. The lowest BCUT2D eigenvalue weighted by Gasteiger charge is -2.42. The Morgan fingerprint density at radius 1 is 1.44 bits per heavy atom. The fourth-order valence-electron chi connectivity index (χ4n) is 4.11. The Hall–Kier alpha value is -1.62. The van der Waals surface area contributed by atoms with Gasteiger partial charge in [0, 0.05) is 32.3 Å². The number of nitrogens with zero attached hydrogens (tertiary/aromatic N) is 2. The monoisotopic (exact) mass is 346 g/mol. The van der Waals surface area contributed by atoms with Crippen molar-refractivity contribution in [1.82, 2.24) is 9.88 Å². The Morgan fingerprint density at radius 2 is 2.24 bits per heavy atom. The summed E-state index contributed by atoms with van der Waals surface area (Å²) in [5, 5.41) is 0. The summed E-state index contributed by atoms with van der Waals surface area (Å²) in [5.41, 5.74) is -0.0487. The van der Waals surface area contributed by atoms with E-state index in [0.717, 1.165) is 51.1 Å². The number of aromatic nitrogens is 1. The van der Waals surface area contributed by atoms with Gasteiger partial charge in [0.15, 0.2) is 0 Å². The molecule has 1 atom stereocenters. The molecule has 1 aromatic heterocycles. The van der Waals surface area contributed by atoms with Gasteiger partial charge in [0.05, 0.1) is 18.4 Å². The second-order valence-electron chi connectivity index (χ2n) is 7.70. The fraction of sp³-hybridized carbons (Fsp3) is 0.700. The van der Waals surface area contributed by atoms with E-state index in [9.17, 15) is 4.79 Å². The van der Waals surface area contributed by atoms with E-state index in [-0.39, 0.29) is 5.60 Å². The maximum atomic E-state index is 12.3. The minimum atomic E-state index is -0.0487. The van der Waals surface area contributed by atoms with Crippen LogP contribution in [0.5, 0.6) is 5.75 Å². The molecule has 2 aliphatic heterocycles. The van der Waals surface area contributed by atoms with E-state index in [1.165, 1.54) is 0 Å². The predicted molar refractivity (Wildman–Crippen MR) is 96.4 cm³/mol. The van der Waals surface area contributed by atoms with Crippen molar-refractivity contribution in [1.29, 1.82) is 0 Å². The van der Waals surface area contributed by atoms with Gasteiger partial charge in [-0.3, -0.25) is 9.78 Å². The van der Waals surface area contributed by atoms with Gasteiger partial charge < -0.3 is 14.4 Å². The Kier molecular flexibility index (Phi) is 5.94. The highest BCUT2D eigenvalue weighted by atomic mass is 16.5. The highest BCUT2D eigenvalue weighted by Gasteiger charge is 2.46. The van der Waals surface area contributed by atoms with Crippen molar-refractivity contribution in [3.63, 3.8) is 0 Å². The first kappa shape index (κ1) is 18.2. The topological polar surface area (TPSA) is 51.7 Å². The smallest absolute Gasteiger partial charge is 0.222 e. The number of amides is 1. The number of ether oxygens (including phenoxy) is 2. The van der Waals surface area contributed by atoms with Gasteiger partial charge in [0.1, 0.15) is 5.75 Å². The molecule has 25 heavy (non-hydrogen) atoms. The average Bonchev–Trinajstić information content (AvgIpc) is 2.98. The second-order valence-corrected chi connectivity index (χ2v) is 7.70. The molecule has 5 heteroatoms. The van der Waals surface area contributed by atoms with Crippen molar-refractivity contribution in [2.24, 2.45) is 11.8 Å². The van der Waals surface area contributed by atoms with Gasteiger partial charge >= 0.3 is 0 Å². The molecule has 2 fully saturated rings. The molecular weight excluding hydrogens is 316 g/mol. The van der Waals surface area contributed by atoms with E-state index >= 15 is 0 Å². The molecule has 1 spiro atoms. The molecule has 0 saturated carbocycles. The number of rotatable bonds is 6. The van der Waals surface area contributed by atoms with Crippen LogP contribution < -0.4 is 4.74 Å². The van der Waals surface area contributed by atoms with Crippen LogP contribution in [0, 0.1) is 11.8 Å². The molecule has 0 aliphatic carbocycles. The van der Waals surface area contributed by atoms with Crippen LogP contribution in [0.4, 0.5) is 0 Å². The molecule has 5 nitrogen and oxygen atoms in total. The maximum absolute atomic E-state index is 12.3. The molecule has 3 rings (SSSR count). The third-order valence-electron chi connectivity index (χ3n) is 5.51. The Labute approximate surface area is 150 Å². The average molecular weight is 346 g/mol. The summed E-state index contributed by atoms with van der Waals surface area (Å²) in [4.78, 5) is 18.4. The first-order valence-corrected chi connectivity index (χ1v) is 9.53. The fourth-order valence-corrected chi connectivity index (χ4v) is 4.11. The molecular formula is C20H30N2O3. The number of piperidine rings is 1. The summed E-state index contributed by atoms with van der Waals surface area (Å²) in [6.07, 6.45) is 8.14. The molecule has 0 unspecified atom stereocenters. The number of hydrogen-bond donors (Lipinski definition) is 0. The van der Waals surface area contributed by atoms with Crippen LogP contribution in [0.25, 0.3) is 0 Å². The highest BCUT2D eigenvalue weighted by Crippen LogP contribution is 2.42. The summed E-state index contributed by atoms with van der Waals surface area (Å²) < 4.78 is 12.0. The molecule has 0 aromatic carbocycles. The first-order chi connectivity index (χ1) is 12.1. The Morgan fingerprint density at radius 3 is 2.92 bits per heavy atom. The Bertz CT molecular complexity index is 553. The minimum absolute atomic E-state index is 0.0487. The first-order valence-electron chi connectivity index (χ1n) is 9.53. The summed E-state index contributed by atoms with van der Waals surface area (Å²) >= 11 is 0. The van der Waals surface area contributed by atoms with Gasteiger partial charge in [-0.1, -0.05) is 13.8 Å². The lowest BCUT2D eigenvalue weighted by molar-refractivity contribution is -0.138. The van der Waals surface area contributed by atoms with Crippen molar-refractivity contribution in [2.75, 3.05) is 26.3 Å². The van der Waals surface area contributed by atoms with Crippen LogP contribution in [0.1, 0.15) is 46.0 Å². The number of likely N-dealkylation sites (tertiary alicyclic amines) is 1. The number of carbonyl (C=O) groups is 1. The highest BCUT2D eigenvalue weighted by molar-refractivity contribution is 5.76. The van der Waals surface area contributed by atoms with E-state index in [1.807, 2.05) is 17.0 Å². The van der Waals surface area contributed by atoms with Gasteiger partial charge in [0.25, 0.3) is 0 Å². The van der Waals surface area contributed by atoms with Gasteiger partial charge in [-0.2, -0.15) is 0 Å². The molecule has 0 bridgehead atoms. The zero-order valence-electron chi connectivity index (χ0n) is 15.4. The van der Waals surface area contributed by atoms with E-state index in [4.69, 9.17) is 9.47 Å². The van der Waals surface area contributed by atoms with Crippen LogP contribution in [0.3, 0.4) is 0 Å². The molecule has 2 aliphatic rings. The third-order valence-corrected chi connectivity index (χ3v) is 5.51. The van der Waals surface area contributed by atoms with Crippen molar-refractivity contribution in [3.8, 4) is 5.75 Å².